The van der Waals surface area contributed by atoms with Crippen LogP contribution in [0.2, 0.25) is 14.4 Å². The molecule has 1 N–H and O–H groups in total. The average Bonchev–Trinajstić information content (AvgIpc) is 2.91. The van der Waals surface area contributed by atoms with Crippen LogP contribution in [0.1, 0.15) is 0 Å². The third-order valence-corrected chi connectivity index (χ3v) is 7.13. The fourth-order valence-corrected chi connectivity index (χ4v) is 4.84. The number of amides is 1. The molecule has 0 saturated heterocycles. The fraction of sp³-hybridized carbons (Fsp3) is 0.154. The molecule has 1 heterocycles. The van der Waals surface area contributed by atoms with E-state index in [0.717, 1.165) is 15.6 Å². The number of anilines is 1. The number of likely N-dealkylation sites (N-methyl/N-ethyl adjacent to an activating group) is 1. The van der Waals surface area contributed by atoms with E-state index in [9.17, 15) is 13.2 Å². The lowest BCUT2D eigenvalue weighted by molar-refractivity contribution is -0.116. The zero-order chi connectivity index (χ0) is 17.2. The van der Waals surface area contributed by atoms with Crippen LogP contribution < -0.4 is 5.32 Å². The van der Waals surface area contributed by atoms with E-state index in [1.165, 1.54) is 19.2 Å². The Morgan fingerprint density at radius 1 is 1.22 bits per heavy atom. The van der Waals surface area contributed by atoms with Gasteiger partial charge in [0.2, 0.25) is 5.91 Å². The molecule has 0 saturated carbocycles. The highest BCUT2D eigenvalue weighted by Crippen LogP contribution is 2.30. The van der Waals surface area contributed by atoms with Gasteiger partial charge in [0.25, 0.3) is 10.0 Å². The van der Waals surface area contributed by atoms with E-state index in [-0.39, 0.29) is 15.8 Å². The van der Waals surface area contributed by atoms with Crippen LogP contribution in [0.4, 0.5) is 5.69 Å². The minimum atomic E-state index is -3.78. The summed E-state index contributed by atoms with van der Waals surface area (Å²) in [4.78, 5) is 12.0. The first kappa shape index (κ1) is 18.5. The maximum absolute atomic E-state index is 12.3. The normalized spacial score (nSPS) is 11.7. The van der Waals surface area contributed by atoms with Gasteiger partial charge in [0.05, 0.1) is 26.6 Å². The third kappa shape index (κ3) is 4.37. The van der Waals surface area contributed by atoms with Crippen molar-refractivity contribution in [1.82, 2.24) is 4.31 Å². The SMILES string of the molecule is CN(CC(=O)Nc1cccc(Cl)c1Cl)S(=O)(=O)c1ccc(Cl)s1. The molecule has 10 heteroatoms. The minimum Gasteiger partial charge on any atom is -0.324 e. The lowest BCUT2D eigenvalue weighted by Gasteiger charge is -2.16. The Bertz CT molecular complexity index is 837. The van der Waals surface area contributed by atoms with Gasteiger partial charge in [-0.1, -0.05) is 40.9 Å². The maximum Gasteiger partial charge on any atom is 0.252 e. The molecule has 0 fully saturated rings. The van der Waals surface area contributed by atoms with E-state index in [2.05, 4.69) is 5.32 Å². The van der Waals surface area contributed by atoms with Gasteiger partial charge in [-0.05, 0) is 24.3 Å². The Kier molecular flexibility index (Phi) is 5.94. The van der Waals surface area contributed by atoms with Gasteiger partial charge in [-0.3, -0.25) is 4.79 Å². The van der Waals surface area contributed by atoms with Crippen LogP contribution in [0, 0.1) is 0 Å². The Balaban J connectivity index is 2.09. The molecule has 0 spiro atoms. The molecule has 0 radical (unpaired) electrons. The first-order valence-electron chi connectivity index (χ1n) is 6.17. The number of carbonyl (C=O) groups is 1. The molecule has 0 unspecified atom stereocenters. The second kappa shape index (κ2) is 7.38. The molecule has 1 aromatic carbocycles. The number of rotatable bonds is 5. The molecule has 23 heavy (non-hydrogen) atoms. The van der Waals surface area contributed by atoms with Gasteiger partial charge in [-0.2, -0.15) is 4.31 Å². The van der Waals surface area contributed by atoms with E-state index < -0.39 is 15.9 Å². The topological polar surface area (TPSA) is 66.5 Å². The number of carbonyl (C=O) groups excluding carboxylic acids is 1. The summed E-state index contributed by atoms with van der Waals surface area (Å²) in [6.07, 6.45) is 0. The highest BCUT2D eigenvalue weighted by Gasteiger charge is 2.25. The Labute approximate surface area is 152 Å². The number of hydrogen-bond donors (Lipinski definition) is 1. The minimum absolute atomic E-state index is 0.0681. The first-order valence-corrected chi connectivity index (χ1v) is 9.56. The molecule has 1 amide bonds. The van der Waals surface area contributed by atoms with Gasteiger partial charge in [-0.15, -0.1) is 11.3 Å². The van der Waals surface area contributed by atoms with Crippen LogP contribution in [-0.4, -0.2) is 32.2 Å². The van der Waals surface area contributed by atoms with Crippen molar-refractivity contribution in [3.05, 3.63) is 44.7 Å². The van der Waals surface area contributed by atoms with E-state index in [1.807, 2.05) is 0 Å². The molecule has 0 aliphatic heterocycles. The molecule has 5 nitrogen and oxygen atoms in total. The van der Waals surface area contributed by atoms with E-state index >= 15 is 0 Å². The molecular weight excluding hydrogens is 403 g/mol. The van der Waals surface area contributed by atoms with Crippen LogP contribution >= 0.6 is 46.1 Å². The molecule has 1 aromatic heterocycles. The molecule has 0 bridgehead atoms. The predicted octanol–water partition coefficient (Wildman–Crippen LogP) is 3.97. The summed E-state index contributed by atoms with van der Waals surface area (Å²) in [6, 6.07) is 7.65. The van der Waals surface area contributed by atoms with Crippen molar-refractivity contribution in [2.24, 2.45) is 0 Å². The standard InChI is InChI=1S/C13H11Cl3N2O3S2/c1-18(23(20,21)12-6-5-10(15)22-12)7-11(19)17-9-4-2-3-8(14)13(9)16/h2-6H,7H2,1H3,(H,17,19). The Hall–Kier alpha value is -0.830. The largest absolute Gasteiger partial charge is 0.324 e. The van der Waals surface area contributed by atoms with Gasteiger partial charge in [0.15, 0.2) is 0 Å². The predicted molar refractivity (Wildman–Crippen MR) is 94.2 cm³/mol. The molecule has 2 rings (SSSR count). The molecule has 0 atom stereocenters. The summed E-state index contributed by atoms with van der Waals surface area (Å²) in [6.45, 7) is -0.374. The molecule has 2 aromatic rings. The van der Waals surface area contributed by atoms with E-state index in [0.29, 0.717) is 15.0 Å². The summed E-state index contributed by atoms with van der Waals surface area (Å²) in [5, 5.41) is 3.01. The number of hydrogen-bond acceptors (Lipinski definition) is 4. The van der Waals surface area contributed by atoms with Crippen molar-refractivity contribution in [1.29, 1.82) is 0 Å². The van der Waals surface area contributed by atoms with Crippen molar-refractivity contribution in [3.63, 3.8) is 0 Å². The molecule has 0 aliphatic carbocycles. The number of benzene rings is 1. The van der Waals surface area contributed by atoms with Crippen molar-refractivity contribution in [3.8, 4) is 0 Å². The number of nitrogens with zero attached hydrogens (tertiary/aromatic N) is 1. The lowest BCUT2D eigenvalue weighted by Crippen LogP contribution is -2.34. The van der Waals surface area contributed by atoms with Crippen LogP contribution in [0.5, 0.6) is 0 Å². The Morgan fingerprint density at radius 3 is 2.52 bits per heavy atom. The smallest absolute Gasteiger partial charge is 0.252 e. The lowest BCUT2D eigenvalue weighted by atomic mass is 10.3. The number of nitrogens with one attached hydrogen (secondary N) is 1. The highest BCUT2D eigenvalue weighted by atomic mass is 35.5. The summed E-state index contributed by atoms with van der Waals surface area (Å²) >= 11 is 18.5. The van der Waals surface area contributed by atoms with Crippen LogP contribution in [0.25, 0.3) is 0 Å². The second-order valence-corrected chi connectivity index (χ2v) is 9.24. The van der Waals surface area contributed by atoms with Gasteiger partial charge >= 0.3 is 0 Å². The number of thiophene rings is 1. The zero-order valence-electron chi connectivity index (χ0n) is 11.7. The van der Waals surface area contributed by atoms with Crippen molar-refractivity contribution in [2.75, 3.05) is 18.9 Å². The summed E-state index contributed by atoms with van der Waals surface area (Å²) in [5.74, 6) is -0.539. The number of sulfonamides is 1. The second-order valence-electron chi connectivity index (χ2n) is 4.47. The number of halogens is 3. The summed E-state index contributed by atoms with van der Waals surface area (Å²) < 4.78 is 26.0. The Morgan fingerprint density at radius 2 is 1.91 bits per heavy atom. The van der Waals surface area contributed by atoms with Crippen molar-refractivity contribution in [2.45, 2.75) is 4.21 Å². The van der Waals surface area contributed by atoms with E-state index in [4.69, 9.17) is 34.8 Å². The van der Waals surface area contributed by atoms with E-state index in [1.54, 1.807) is 18.2 Å². The maximum atomic E-state index is 12.3. The monoisotopic (exact) mass is 412 g/mol. The van der Waals surface area contributed by atoms with Crippen molar-refractivity contribution >= 4 is 67.8 Å². The van der Waals surface area contributed by atoms with Crippen molar-refractivity contribution < 1.29 is 13.2 Å². The quantitative estimate of drug-likeness (QED) is 0.806. The zero-order valence-corrected chi connectivity index (χ0v) is 15.6. The summed E-state index contributed by atoms with van der Waals surface area (Å²) in [5.41, 5.74) is 0.314. The van der Waals surface area contributed by atoms with Gasteiger partial charge < -0.3 is 5.32 Å². The molecular formula is C13H11Cl3N2O3S2. The fourth-order valence-electron chi connectivity index (χ4n) is 1.67. The van der Waals surface area contributed by atoms with Gasteiger partial charge in [0.1, 0.15) is 4.21 Å². The van der Waals surface area contributed by atoms with Crippen LogP contribution in [0.3, 0.4) is 0 Å². The first-order chi connectivity index (χ1) is 10.7. The van der Waals surface area contributed by atoms with Gasteiger partial charge in [0, 0.05) is 7.05 Å². The highest BCUT2D eigenvalue weighted by molar-refractivity contribution is 7.91. The average molecular weight is 414 g/mol. The third-order valence-electron chi connectivity index (χ3n) is 2.81. The van der Waals surface area contributed by atoms with Crippen LogP contribution in [-0.2, 0) is 14.8 Å². The van der Waals surface area contributed by atoms with Crippen LogP contribution in [0.15, 0.2) is 34.5 Å². The van der Waals surface area contributed by atoms with Gasteiger partial charge in [-0.25, -0.2) is 8.42 Å². The molecule has 0 aliphatic rings. The summed E-state index contributed by atoms with van der Waals surface area (Å²) in [7, 11) is -2.47. The molecule has 124 valence electrons.